The first-order chi connectivity index (χ1) is 14.1. The van der Waals surface area contributed by atoms with Crippen LogP contribution in [0.4, 0.5) is 0 Å². The van der Waals surface area contributed by atoms with Gasteiger partial charge in [-0.05, 0) is 18.9 Å². The lowest BCUT2D eigenvalue weighted by molar-refractivity contribution is 0.00272. The number of guanidine groups is 1. The van der Waals surface area contributed by atoms with E-state index in [1.54, 1.807) is 13.2 Å². The molecule has 0 spiro atoms. The van der Waals surface area contributed by atoms with E-state index < -0.39 is 0 Å². The molecule has 0 bridgehead atoms. The van der Waals surface area contributed by atoms with E-state index in [0.29, 0.717) is 24.3 Å². The van der Waals surface area contributed by atoms with Crippen molar-refractivity contribution in [2.75, 3.05) is 46.5 Å². The molecule has 1 aliphatic heterocycles. The Labute approximate surface area is 175 Å². The molecule has 1 fully saturated rings. The Balaban J connectivity index is 2.07. The number of aromatic hydroxyl groups is 1. The maximum absolute atomic E-state index is 10.3. The quantitative estimate of drug-likeness (QED) is 0.410. The summed E-state index contributed by atoms with van der Waals surface area (Å²) in [7, 11) is 1.55. The number of nitrogens with one attached hydrogen (secondary N) is 2. The molecule has 29 heavy (non-hydrogen) atoms. The Hall–Kier alpha value is -1.99. The van der Waals surface area contributed by atoms with Crippen LogP contribution < -0.4 is 15.4 Å². The normalized spacial score (nSPS) is 16.7. The number of rotatable bonds is 10. The van der Waals surface area contributed by atoms with Crippen molar-refractivity contribution in [1.82, 2.24) is 15.5 Å². The molecule has 0 saturated carbocycles. The molecular formula is C22H38N4O3. The van der Waals surface area contributed by atoms with Crippen molar-refractivity contribution in [3.05, 3.63) is 23.8 Å². The molecule has 1 saturated heterocycles. The maximum atomic E-state index is 10.3. The van der Waals surface area contributed by atoms with E-state index in [-0.39, 0.29) is 5.75 Å². The summed E-state index contributed by atoms with van der Waals surface area (Å²) in [5.74, 6) is 2.01. The highest BCUT2D eigenvalue weighted by Gasteiger charge is 2.27. The molecule has 0 aromatic heterocycles. The van der Waals surface area contributed by atoms with Gasteiger partial charge < -0.3 is 25.2 Å². The van der Waals surface area contributed by atoms with Crippen molar-refractivity contribution in [2.24, 2.45) is 10.9 Å². The van der Waals surface area contributed by atoms with Crippen LogP contribution in [0.1, 0.15) is 39.2 Å². The fraction of sp³-hybridized carbons (Fsp3) is 0.682. The molecule has 1 aromatic rings. The number of morpholine rings is 1. The Morgan fingerprint density at radius 3 is 2.55 bits per heavy atom. The van der Waals surface area contributed by atoms with Crippen molar-refractivity contribution in [3.8, 4) is 11.5 Å². The highest BCUT2D eigenvalue weighted by molar-refractivity contribution is 5.79. The first-order valence-corrected chi connectivity index (χ1v) is 10.8. The van der Waals surface area contributed by atoms with Crippen LogP contribution in [0.25, 0.3) is 0 Å². The molecule has 7 nitrogen and oxygen atoms in total. The van der Waals surface area contributed by atoms with Gasteiger partial charge in [0.2, 0.25) is 0 Å². The first-order valence-electron chi connectivity index (χ1n) is 10.8. The number of aliphatic imine (C=N–C) groups is 1. The van der Waals surface area contributed by atoms with E-state index in [1.165, 1.54) is 0 Å². The molecule has 1 atom stereocenters. The number of methoxy groups -OCH3 is 1. The SMILES string of the molecule is CCNC(=NCc1cccc(OC)c1O)NCC(C(CC)CC)N1CCOCC1. The van der Waals surface area contributed by atoms with Gasteiger partial charge in [0.15, 0.2) is 17.5 Å². The average Bonchev–Trinajstić information content (AvgIpc) is 2.76. The average molecular weight is 407 g/mol. The van der Waals surface area contributed by atoms with Crippen LogP contribution in [-0.4, -0.2) is 68.5 Å². The molecular weight excluding hydrogens is 368 g/mol. The first kappa shape index (κ1) is 23.3. The van der Waals surface area contributed by atoms with Crippen molar-refractivity contribution in [3.63, 3.8) is 0 Å². The Morgan fingerprint density at radius 1 is 1.21 bits per heavy atom. The molecule has 7 heteroatoms. The third kappa shape index (κ3) is 6.78. The third-order valence-corrected chi connectivity index (χ3v) is 5.64. The molecule has 3 N–H and O–H groups in total. The zero-order chi connectivity index (χ0) is 21.1. The molecule has 0 amide bonds. The molecule has 164 valence electrons. The highest BCUT2D eigenvalue weighted by Crippen LogP contribution is 2.29. The number of phenols is 1. The van der Waals surface area contributed by atoms with E-state index in [1.807, 2.05) is 12.1 Å². The van der Waals surface area contributed by atoms with Crippen LogP contribution in [0.15, 0.2) is 23.2 Å². The van der Waals surface area contributed by atoms with Crippen LogP contribution >= 0.6 is 0 Å². The molecule has 1 aromatic carbocycles. The maximum Gasteiger partial charge on any atom is 0.191 e. The van der Waals surface area contributed by atoms with Crippen molar-refractivity contribution in [1.29, 1.82) is 0 Å². The third-order valence-electron chi connectivity index (χ3n) is 5.64. The molecule has 2 rings (SSSR count). The summed E-state index contributed by atoms with van der Waals surface area (Å²) < 4.78 is 10.7. The second kappa shape index (κ2) is 12.5. The molecule has 1 heterocycles. The predicted molar refractivity (Wildman–Crippen MR) is 118 cm³/mol. The summed E-state index contributed by atoms with van der Waals surface area (Å²) in [6.07, 6.45) is 2.32. The van der Waals surface area contributed by atoms with Crippen LogP contribution in [0.5, 0.6) is 11.5 Å². The monoisotopic (exact) mass is 406 g/mol. The van der Waals surface area contributed by atoms with Crippen LogP contribution in [-0.2, 0) is 11.3 Å². The van der Waals surface area contributed by atoms with Crippen molar-refractivity contribution in [2.45, 2.75) is 46.2 Å². The van der Waals surface area contributed by atoms with Crippen LogP contribution in [0, 0.1) is 5.92 Å². The smallest absolute Gasteiger partial charge is 0.191 e. The summed E-state index contributed by atoms with van der Waals surface area (Å²) in [5.41, 5.74) is 0.742. The molecule has 0 radical (unpaired) electrons. The number of phenolic OH excluding ortho intramolecular Hbond substituents is 1. The summed E-state index contributed by atoms with van der Waals surface area (Å²) >= 11 is 0. The zero-order valence-electron chi connectivity index (χ0n) is 18.4. The molecule has 1 unspecified atom stereocenters. The lowest BCUT2D eigenvalue weighted by Crippen LogP contribution is -2.53. The predicted octanol–water partition coefficient (Wildman–Crippen LogP) is 2.59. The Bertz CT molecular complexity index is 628. The van der Waals surface area contributed by atoms with Gasteiger partial charge in [0.1, 0.15) is 0 Å². The fourth-order valence-corrected chi connectivity index (χ4v) is 3.90. The second-order valence-corrected chi connectivity index (χ2v) is 7.34. The van der Waals surface area contributed by atoms with Gasteiger partial charge in [0.05, 0.1) is 26.9 Å². The van der Waals surface area contributed by atoms with Crippen molar-refractivity contribution >= 4 is 5.96 Å². The van der Waals surface area contributed by atoms with Gasteiger partial charge in [-0.2, -0.15) is 0 Å². The standard InChI is InChI=1S/C22H38N4O3/c1-5-17(6-2)19(26-11-13-29-14-12-26)16-25-22(23-7-3)24-15-18-9-8-10-20(28-4)21(18)27/h8-10,17,19,27H,5-7,11-16H2,1-4H3,(H2,23,24,25). The van der Waals surface area contributed by atoms with Gasteiger partial charge >= 0.3 is 0 Å². The number of benzene rings is 1. The van der Waals surface area contributed by atoms with Gasteiger partial charge in [0.25, 0.3) is 0 Å². The minimum absolute atomic E-state index is 0.151. The lowest BCUT2D eigenvalue weighted by atomic mass is 9.92. The van der Waals surface area contributed by atoms with Crippen LogP contribution in [0.2, 0.25) is 0 Å². The summed E-state index contributed by atoms with van der Waals surface area (Å²) in [6.45, 7) is 12.2. The van der Waals surface area contributed by atoms with Gasteiger partial charge in [-0.25, -0.2) is 4.99 Å². The molecule has 1 aliphatic rings. The van der Waals surface area contributed by atoms with Crippen LogP contribution in [0.3, 0.4) is 0 Å². The van der Waals surface area contributed by atoms with Gasteiger partial charge in [0, 0.05) is 37.8 Å². The number of para-hydroxylation sites is 1. The topological polar surface area (TPSA) is 78.4 Å². The number of hydrogen-bond donors (Lipinski definition) is 3. The van der Waals surface area contributed by atoms with Gasteiger partial charge in [-0.15, -0.1) is 0 Å². The van der Waals surface area contributed by atoms with E-state index in [9.17, 15) is 5.11 Å². The Morgan fingerprint density at radius 2 is 1.93 bits per heavy atom. The number of nitrogens with zero attached hydrogens (tertiary/aromatic N) is 2. The summed E-state index contributed by atoms with van der Waals surface area (Å²) in [5, 5.41) is 17.1. The summed E-state index contributed by atoms with van der Waals surface area (Å²) in [6, 6.07) is 5.92. The number of hydrogen-bond acceptors (Lipinski definition) is 5. The second-order valence-electron chi connectivity index (χ2n) is 7.34. The summed E-state index contributed by atoms with van der Waals surface area (Å²) in [4.78, 5) is 7.23. The van der Waals surface area contributed by atoms with E-state index in [2.05, 4.69) is 41.3 Å². The Kier molecular flexibility index (Phi) is 10.1. The van der Waals surface area contributed by atoms with E-state index in [4.69, 9.17) is 9.47 Å². The highest BCUT2D eigenvalue weighted by atomic mass is 16.5. The molecule has 0 aliphatic carbocycles. The number of ether oxygens (including phenoxy) is 2. The van der Waals surface area contributed by atoms with Gasteiger partial charge in [-0.1, -0.05) is 38.8 Å². The van der Waals surface area contributed by atoms with E-state index >= 15 is 0 Å². The zero-order valence-corrected chi connectivity index (χ0v) is 18.4. The fourth-order valence-electron chi connectivity index (χ4n) is 3.90. The largest absolute Gasteiger partial charge is 0.504 e. The minimum atomic E-state index is 0.151. The van der Waals surface area contributed by atoms with Gasteiger partial charge in [-0.3, -0.25) is 4.90 Å². The minimum Gasteiger partial charge on any atom is -0.504 e. The van der Waals surface area contributed by atoms with Crippen molar-refractivity contribution < 1.29 is 14.6 Å². The van der Waals surface area contributed by atoms with E-state index in [0.717, 1.165) is 63.8 Å². The lowest BCUT2D eigenvalue weighted by Gasteiger charge is -2.39.